The Morgan fingerprint density at radius 1 is 1.29 bits per heavy atom. The molecule has 122 valence electrons. The molecule has 8 heteroatoms. The Kier molecular flexibility index (Phi) is 4.66. The number of aromatic nitrogens is 2. The van der Waals surface area contributed by atoms with Crippen molar-refractivity contribution < 1.29 is 14.0 Å². The molecule has 0 aliphatic rings. The minimum Gasteiger partial charge on any atom is -0.450 e. The number of aromatic amines is 1. The number of carbonyl (C=O) groups is 2. The molecule has 3 rings (SSSR count). The number of nitrogens with one attached hydrogen (secondary N) is 3. The van der Waals surface area contributed by atoms with Gasteiger partial charge >= 0.3 is 6.03 Å². The predicted molar refractivity (Wildman–Crippen MR) is 90.3 cm³/mol. The van der Waals surface area contributed by atoms with Gasteiger partial charge in [-0.25, -0.2) is 9.78 Å². The Bertz CT molecular complexity index is 880. The zero-order valence-electron chi connectivity index (χ0n) is 12.7. The van der Waals surface area contributed by atoms with Crippen LogP contribution in [0, 0.1) is 0 Å². The molecule has 0 fully saturated rings. The van der Waals surface area contributed by atoms with E-state index in [-0.39, 0.29) is 0 Å². The van der Waals surface area contributed by atoms with E-state index in [0.29, 0.717) is 23.0 Å². The second kappa shape index (κ2) is 7.05. The number of allylic oxidation sites excluding steroid dienone is 1. The second-order valence-corrected chi connectivity index (χ2v) is 5.85. The van der Waals surface area contributed by atoms with Gasteiger partial charge in [0.25, 0.3) is 0 Å². The summed E-state index contributed by atoms with van der Waals surface area (Å²) in [5.41, 5.74) is 2.41. The van der Waals surface area contributed by atoms with Crippen molar-refractivity contribution >= 4 is 41.3 Å². The van der Waals surface area contributed by atoms with Gasteiger partial charge in [-0.05, 0) is 49.0 Å². The first-order valence-corrected chi connectivity index (χ1v) is 7.87. The quantitative estimate of drug-likeness (QED) is 0.619. The predicted octanol–water partition coefficient (Wildman–Crippen LogP) is 3.12. The van der Waals surface area contributed by atoms with E-state index >= 15 is 0 Å². The third-order valence-corrected chi connectivity index (χ3v) is 3.83. The monoisotopic (exact) mass is 342 g/mol. The van der Waals surface area contributed by atoms with Crippen LogP contribution in [0.15, 0.2) is 56.8 Å². The second-order valence-electron chi connectivity index (χ2n) is 4.86. The lowest BCUT2D eigenvalue weighted by molar-refractivity contribution is -0.108. The lowest BCUT2D eigenvalue weighted by Gasteiger charge is -2.02. The molecule has 0 aliphatic heterocycles. The molecule has 0 unspecified atom stereocenters. The van der Waals surface area contributed by atoms with E-state index < -0.39 is 6.03 Å². The van der Waals surface area contributed by atoms with Gasteiger partial charge in [0.05, 0.1) is 11.0 Å². The smallest absolute Gasteiger partial charge is 0.325 e. The summed E-state index contributed by atoms with van der Waals surface area (Å²) in [7, 11) is 0. The first-order valence-electron chi connectivity index (χ1n) is 7.06. The van der Waals surface area contributed by atoms with E-state index in [4.69, 9.17) is 4.42 Å². The molecular weight excluding hydrogens is 328 g/mol. The summed E-state index contributed by atoms with van der Waals surface area (Å²) in [5.74, 6) is 0.581. The minimum atomic E-state index is -0.595. The van der Waals surface area contributed by atoms with Crippen molar-refractivity contribution in [2.45, 2.75) is 17.2 Å². The summed E-state index contributed by atoms with van der Waals surface area (Å²) in [6, 6.07) is 10.8. The minimum absolute atomic E-state index is 0.317. The molecule has 2 heterocycles. The summed E-state index contributed by atoms with van der Waals surface area (Å²) < 4.78 is 5.68. The molecule has 0 radical (unpaired) electrons. The van der Waals surface area contributed by atoms with Crippen LogP contribution < -0.4 is 10.6 Å². The van der Waals surface area contributed by atoms with E-state index in [2.05, 4.69) is 15.3 Å². The fourth-order valence-electron chi connectivity index (χ4n) is 2.06. The Morgan fingerprint density at radius 3 is 2.92 bits per heavy atom. The van der Waals surface area contributed by atoms with Crippen molar-refractivity contribution in [3.63, 3.8) is 0 Å². The molecule has 7 nitrogen and oxygen atoms in total. The van der Waals surface area contributed by atoms with Gasteiger partial charge < -0.3 is 14.7 Å². The van der Waals surface area contributed by atoms with Crippen molar-refractivity contribution in [3.05, 3.63) is 47.9 Å². The Labute approximate surface area is 141 Å². The first-order chi connectivity index (χ1) is 11.6. The maximum absolute atomic E-state index is 11.2. The molecule has 3 N–H and O–H groups in total. The van der Waals surface area contributed by atoms with Gasteiger partial charge in [-0.15, -0.1) is 0 Å². The van der Waals surface area contributed by atoms with Crippen LogP contribution in [0.3, 0.4) is 0 Å². The number of para-hydroxylation sites is 2. The molecule has 1 aromatic carbocycles. The molecule has 0 atom stereocenters. The van der Waals surface area contributed by atoms with E-state index in [1.54, 1.807) is 19.1 Å². The standard InChI is InChI=1S/C16H14N4O3S/c1-10(18-15(22)17-9-21)8-11-6-7-14(23-11)24-16-19-12-4-2-3-5-13(12)20-16/h2-9H,1H3,(H,19,20)(H2,17,18,21,22)/b10-8-. The number of urea groups is 1. The third kappa shape index (κ3) is 3.85. The Hall–Kier alpha value is -3.00. The topological polar surface area (TPSA) is 100 Å². The number of H-pyrrole nitrogens is 1. The average molecular weight is 342 g/mol. The number of fused-ring (bicyclic) bond motifs is 1. The molecule has 0 aliphatic carbocycles. The third-order valence-electron chi connectivity index (χ3n) is 3.03. The van der Waals surface area contributed by atoms with Crippen molar-refractivity contribution in [2.24, 2.45) is 0 Å². The molecule has 0 spiro atoms. The number of rotatable bonds is 5. The fraction of sp³-hybridized carbons (Fsp3) is 0.0625. The van der Waals surface area contributed by atoms with Gasteiger partial charge in [-0.1, -0.05) is 12.1 Å². The van der Waals surface area contributed by atoms with E-state index in [1.807, 2.05) is 35.6 Å². The largest absolute Gasteiger partial charge is 0.450 e. The van der Waals surface area contributed by atoms with Crippen LogP contribution in [0.1, 0.15) is 12.7 Å². The number of imidazole rings is 1. The molecule has 0 saturated heterocycles. The van der Waals surface area contributed by atoms with Gasteiger partial charge in [0.15, 0.2) is 10.2 Å². The molecule has 3 aromatic rings. The molecular formula is C16H14N4O3S. The normalized spacial score (nSPS) is 11.5. The Balaban J connectivity index is 1.68. The zero-order valence-corrected chi connectivity index (χ0v) is 13.5. The van der Waals surface area contributed by atoms with Gasteiger partial charge in [0, 0.05) is 5.70 Å². The van der Waals surface area contributed by atoms with Crippen LogP contribution >= 0.6 is 11.8 Å². The molecule has 3 amide bonds. The van der Waals surface area contributed by atoms with Crippen LogP contribution in [0.25, 0.3) is 17.1 Å². The average Bonchev–Trinajstić information content (AvgIpc) is 3.13. The SMILES string of the molecule is C/C(=C/c1ccc(Sc2nc3ccccc3[nH]2)o1)NC(=O)NC=O. The lowest BCUT2D eigenvalue weighted by Crippen LogP contribution is -2.33. The maximum Gasteiger partial charge on any atom is 0.325 e. The number of hydrogen-bond donors (Lipinski definition) is 3. The molecule has 0 bridgehead atoms. The number of benzene rings is 1. The van der Waals surface area contributed by atoms with Gasteiger partial charge in [0.2, 0.25) is 6.41 Å². The number of imide groups is 1. The van der Waals surface area contributed by atoms with Gasteiger partial charge in [0.1, 0.15) is 5.76 Å². The molecule has 24 heavy (non-hydrogen) atoms. The highest BCUT2D eigenvalue weighted by Gasteiger charge is 2.08. The summed E-state index contributed by atoms with van der Waals surface area (Å²) in [6.45, 7) is 1.69. The number of nitrogens with zero attached hydrogens (tertiary/aromatic N) is 1. The van der Waals surface area contributed by atoms with Crippen LogP contribution in [-0.2, 0) is 4.79 Å². The summed E-state index contributed by atoms with van der Waals surface area (Å²) >= 11 is 1.37. The number of carbonyl (C=O) groups excluding carboxylic acids is 2. The van der Waals surface area contributed by atoms with Crippen LogP contribution in [0.2, 0.25) is 0 Å². The fourth-order valence-corrected chi connectivity index (χ4v) is 2.83. The Morgan fingerprint density at radius 2 is 2.12 bits per heavy atom. The summed E-state index contributed by atoms with van der Waals surface area (Å²) in [6.07, 6.45) is 1.98. The van der Waals surface area contributed by atoms with Crippen molar-refractivity contribution in [2.75, 3.05) is 0 Å². The summed E-state index contributed by atoms with van der Waals surface area (Å²) in [4.78, 5) is 29.1. The number of furan rings is 1. The summed E-state index contributed by atoms with van der Waals surface area (Å²) in [5, 5.41) is 5.90. The highest BCUT2D eigenvalue weighted by Crippen LogP contribution is 2.29. The molecule has 2 aromatic heterocycles. The van der Waals surface area contributed by atoms with Crippen molar-refractivity contribution in [1.29, 1.82) is 0 Å². The lowest BCUT2D eigenvalue weighted by atomic mass is 10.3. The molecule has 0 saturated carbocycles. The van der Waals surface area contributed by atoms with Crippen molar-refractivity contribution in [3.8, 4) is 0 Å². The maximum atomic E-state index is 11.2. The zero-order chi connectivity index (χ0) is 16.9. The number of amides is 3. The van der Waals surface area contributed by atoms with Crippen LogP contribution in [0.4, 0.5) is 4.79 Å². The van der Waals surface area contributed by atoms with Gasteiger partial charge in [-0.3, -0.25) is 10.1 Å². The highest BCUT2D eigenvalue weighted by atomic mass is 32.2. The highest BCUT2D eigenvalue weighted by molar-refractivity contribution is 7.99. The number of hydrogen-bond acceptors (Lipinski definition) is 5. The van der Waals surface area contributed by atoms with E-state index in [1.165, 1.54) is 11.8 Å². The van der Waals surface area contributed by atoms with Crippen molar-refractivity contribution in [1.82, 2.24) is 20.6 Å². The van der Waals surface area contributed by atoms with Gasteiger partial charge in [-0.2, -0.15) is 0 Å². The van der Waals surface area contributed by atoms with Crippen LogP contribution in [0.5, 0.6) is 0 Å². The van der Waals surface area contributed by atoms with E-state index in [0.717, 1.165) is 16.2 Å². The van der Waals surface area contributed by atoms with Crippen LogP contribution in [-0.4, -0.2) is 22.4 Å². The van der Waals surface area contributed by atoms with E-state index in [9.17, 15) is 9.59 Å². The first kappa shape index (κ1) is 15.9.